The Balaban J connectivity index is 1.61. The lowest BCUT2D eigenvalue weighted by Crippen LogP contribution is -2.42. The van der Waals surface area contributed by atoms with Gasteiger partial charge in [0.25, 0.3) is 0 Å². The molecular weight excluding hydrogens is 349 g/mol. The lowest BCUT2D eigenvalue weighted by molar-refractivity contribution is 0.199. The molecule has 0 saturated carbocycles. The summed E-state index contributed by atoms with van der Waals surface area (Å²) in [5.41, 5.74) is 1.36. The molecule has 3 rings (SSSR count). The summed E-state index contributed by atoms with van der Waals surface area (Å²) in [5, 5.41) is 7.09. The lowest BCUT2D eigenvalue weighted by atomic mass is 10.0. The molecule has 9 heteroatoms. The van der Waals surface area contributed by atoms with Crippen LogP contribution < -0.4 is 5.32 Å². The number of aromatic amines is 1. The first-order chi connectivity index (χ1) is 12.8. The quantitative estimate of drug-likeness (QED) is 0.694. The summed E-state index contributed by atoms with van der Waals surface area (Å²) in [6, 6.07) is 4.00. The van der Waals surface area contributed by atoms with Crippen LogP contribution in [-0.2, 0) is 13.5 Å². The number of hydrogen-bond acceptors (Lipinski definition) is 4. The van der Waals surface area contributed by atoms with Gasteiger partial charge in [0.1, 0.15) is 23.8 Å². The summed E-state index contributed by atoms with van der Waals surface area (Å²) in [6.07, 6.45) is 2.02. The molecule has 2 heterocycles. The van der Waals surface area contributed by atoms with Crippen molar-refractivity contribution in [2.45, 2.75) is 26.3 Å². The van der Waals surface area contributed by atoms with Crippen LogP contribution in [0.25, 0.3) is 11.0 Å². The molecule has 8 nitrogen and oxygen atoms in total. The molecule has 0 spiro atoms. The maximum absolute atomic E-state index is 13.3. The van der Waals surface area contributed by atoms with E-state index >= 15 is 0 Å². The molecule has 0 radical (unpaired) electrons. The van der Waals surface area contributed by atoms with Crippen molar-refractivity contribution in [1.82, 2.24) is 34.9 Å². The zero-order valence-electron chi connectivity index (χ0n) is 15.9. The highest BCUT2D eigenvalue weighted by atomic mass is 19.1. The Morgan fingerprint density at radius 1 is 1.41 bits per heavy atom. The number of carbonyl (C=O) groups is 1. The number of carbonyl (C=O) groups excluding carboxylic acids is 1. The highest BCUT2D eigenvalue weighted by Crippen LogP contribution is 2.19. The van der Waals surface area contributed by atoms with Gasteiger partial charge in [0.05, 0.1) is 17.1 Å². The molecule has 2 amide bonds. The zero-order chi connectivity index (χ0) is 19.6. The van der Waals surface area contributed by atoms with Gasteiger partial charge >= 0.3 is 6.03 Å². The van der Waals surface area contributed by atoms with Gasteiger partial charge in [0.15, 0.2) is 0 Å². The first-order valence-corrected chi connectivity index (χ1v) is 8.85. The van der Waals surface area contributed by atoms with Crippen molar-refractivity contribution >= 4 is 17.1 Å². The molecule has 0 aliphatic rings. The average molecular weight is 373 g/mol. The maximum Gasteiger partial charge on any atom is 0.317 e. The third-order valence-electron chi connectivity index (χ3n) is 4.49. The molecule has 0 fully saturated rings. The van der Waals surface area contributed by atoms with Gasteiger partial charge in [-0.1, -0.05) is 13.8 Å². The molecule has 3 aromatic rings. The number of fused-ring (bicyclic) bond motifs is 1. The van der Waals surface area contributed by atoms with Crippen LogP contribution >= 0.6 is 0 Å². The van der Waals surface area contributed by atoms with E-state index in [1.165, 1.54) is 18.5 Å². The van der Waals surface area contributed by atoms with E-state index in [0.29, 0.717) is 35.6 Å². The van der Waals surface area contributed by atoms with Gasteiger partial charge in [0.2, 0.25) is 0 Å². The largest absolute Gasteiger partial charge is 0.342 e. The SMILES string of the molecule is CC(C)[C@H](NC(=O)N(C)CCc1nc2ccc(F)cc2[nH]1)c1ncnn1C. The highest BCUT2D eigenvalue weighted by molar-refractivity contribution is 5.75. The van der Waals surface area contributed by atoms with Crippen molar-refractivity contribution in [3.05, 3.63) is 42.0 Å². The fourth-order valence-corrected chi connectivity index (χ4v) is 2.89. The number of aryl methyl sites for hydroxylation is 1. The van der Waals surface area contributed by atoms with Crippen molar-refractivity contribution in [2.24, 2.45) is 13.0 Å². The molecule has 1 aromatic carbocycles. The smallest absolute Gasteiger partial charge is 0.317 e. The topological polar surface area (TPSA) is 91.7 Å². The van der Waals surface area contributed by atoms with E-state index in [-0.39, 0.29) is 23.8 Å². The minimum absolute atomic E-state index is 0.163. The van der Waals surface area contributed by atoms with E-state index in [9.17, 15) is 9.18 Å². The minimum Gasteiger partial charge on any atom is -0.342 e. The predicted octanol–water partition coefficient (Wildman–Crippen LogP) is 2.41. The number of nitrogens with zero attached hydrogens (tertiary/aromatic N) is 5. The van der Waals surface area contributed by atoms with Crippen LogP contribution in [0.3, 0.4) is 0 Å². The van der Waals surface area contributed by atoms with E-state index in [1.807, 2.05) is 13.8 Å². The molecule has 0 saturated heterocycles. The molecule has 1 atom stereocenters. The van der Waals surface area contributed by atoms with Crippen molar-refractivity contribution in [3.63, 3.8) is 0 Å². The minimum atomic E-state index is -0.308. The Morgan fingerprint density at radius 3 is 2.85 bits per heavy atom. The van der Waals surface area contributed by atoms with Crippen molar-refractivity contribution in [3.8, 4) is 0 Å². The average Bonchev–Trinajstić information content (AvgIpc) is 3.22. The number of halogens is 1. The van der Waals surface area contributed by atoms with Gasteiger partial charge in [0, 0.05) is 27.1 Å². The van der Waals surface area contributed by atoms with Crippen LogP contribution in [0.4, 0.5) is 9.18 Å². The van der Waals surface area contributed by atoms with Gasteiger partial charge in [-0.2, -0.15) is 5.10 Å². The highest BCUT2D eigenvalue weighted by Gasteiger charge is 2.24. The summed E-state index contributed by atoms with van der Waals surface area (Å²) >= 11 is 0. The molecule has 0 aliphatic heterocycles. The van der Waals surface area contributed by atoms with Crippen LogP contribution in [0.1, 0.15) is 31.5 Å². The second-order valence-corrected chi connectivity index (χ2v) is 6.93. The predicted molar refractivity (Wildman–Crippen MR) is 99.5 cm³/mol. The number of amides is 2. The summed E-state index contributed by atoms with van der Waals surface area (Å²) in [4.78, 5) is 25.9. The number of urea groups is 1. The third kappa shape index (κ3) is 4.24. The van der Waals surface area contributed by atoms with Gasteiger partial charge in [-0.05, 0) is 24.1 Å². The summed E-state index contributed by atoms with van der Waals surface area (Å²) in [5.74, 6) is 1.28. The Kier molecular flexibility index (Phi) is 5.38. The number of imidazole rings is 1. The lowest BCUT2D eigenvalue weighted by Gasteiger charge is -2.25. The van der Waals surface area contributed by atoms with Crippen LogP contribution in [0.2, 0.25) is 0 Å². The maximum atomic E-state index is 13.3. The molecule has 2 N–H and O–H groups in total. The third-order valence-corrected chi connectivity index (χ3v) is 4.49. The van der Waals surface area contributed by atoms with Crippen molar-refractivity contribution in [1.29, 1.82) is 0 Å². The normalized spacial score (nSPS) is 12.5. The Morgan fingerprint density at radius 2 is 2.19 bits per heavy atom. The molecule has 2 aromatic heterocycles. The van der Waals surface area contributed by atoms with E-state index < -0.39 is 0 Å². The first kappa shape index (κ1) is 18.8. The van der Waals surface area contributed by atoms with Crippen LogP contribution in [0.5, 0.6) is 0 Å². The number of likely N-dealkylation sites (N-methyl/N-ethyl adjacent to an activating group) is 1. The van der Waals surface area contributed by atoms with Crippen molar-refractivity contribution in [2.75, 3.05) is 13.6 Å². The Bertz CT molecular complexity index is 933. The summed E-state index contributed by atoms with van der Waals surface area (Å²) in [6.45, 7) is 4.51. The molecular formula is C18H24FN7O. The molecule has 0 unspecified atom stereocenters. The number of hydrogen-bond donors (Lipinski definition) is 2. The number of rotatable bonds is 6. The van der Waals surface area contributed by atoms with E-state index in [1.54, 1.807) is 29.7 Å². The number of H-pyrrole nitrogens is 1. The zero-order valence-corrected chi connectivity index (χ0v) is 15.9. The molecule has 0 bridgehead atoms. The Hall–Kier alpha value is -2.97. The number of aromatic nitrogens is 5. The van der Waals surface area contributed by atoms with E-state index in [2.05, 4.69) is 25.4 Å². The molecule has 144 valence electrons. The number of nitrogens with one attached hydrogen (secondary N) is 2. The fraction of sp³-hybridized carbons (Fsp3) is 0.444. The van der Waals surface area contributed by atoms with E-state index in [0.717, 1.165) is 0 Å². The second kappa shape index (κ2) is 7.73. The van der Waals surface area contributed by atoms with Gasteiger partial charge in [-0.15, -0.1) is 0 Å². The standard InChI is InChI=1S/C18H24FN7O/c1-11(2)16(17-20-10-21-26(17)4)24-18(27)25(3)8-7-15-22-13-6-5-12(19)9-14(13)23-15/h5-6,9-11,16H,7-8H2,1-4H3,(H,22,23)(H,24,27)/t16-/m0/s1. The van der Waals surface area contributed by atoms with Crippen LogP contribution in [0, 0.1) is 11.7 Å². The number of benzene rings is 1. The monoisotopic (exact) mass is 373 g/mol. The molecule has 27 heavy (non-hydrogen) atoms. The van der Waals surface area contributed by atoms with Gasteiger partial charge < -0.3 is 15.2 Å². The van der Waals surface area contributed by atoms with Gasteiger partial charge in [-0.3, -0.25) is 4.68 Å². The van der Waals surface area contributed by atoms with E-state index in [4.69, 9.17) is 0 Å². The Labute approximate surface area is 156 Å². The second-order valence-electron chi connectivity index (χ2n) is 6.93. The van der Waals surface area contributed by atoms with Crippen LogP contribution in [0.15, 0.2) is 24.5 Å². The molecule has 0 aliphatic carbocycles. The fourth-order valence-electron chi connectivity index (χ4n) is 2.89. The van der Waals surface area contributed by atoms with Gasteiger partial charge in [-0.25, -0.2) is 19.2 Å². The summed E-state index contributed by atoms with van der Waals surface area (Å²) in [7, 11) is 3.53. The van der Waals surface area contributed by atoms with Crippen LogP contribution in [-0.4, -0.2) is 49.3 Å². The summed E-state index contributed by atoms with van der Waals surface area (Å²) < 4.78 is 14.9. The van der Waals surface area contributed by atoms with Crippen molar-refractivity contribution < 1.29 is 9.18 Å². The first-order valence-electron chi connectivity index (χ1n) is 8.85.